The van der Waals surface area contributed by atoms with Gasteiger partial charge in [0.25, 0.3) is 0 Å². The van der Waals surface area contributed by atoms with Crippen molar-refractivity contribution in [1.82, 2.24) is 10.2 Å². The molecule has 0 heterocycles. The van der Waals surface area contributed by atoms with E-state index in [1.807, 2.05) is 19.9 Å². The van der Waals surface area contributed by atoms with E-state index in [2.05, 4.69) is 5.32 Å². The predicted octanol–water partition coefficient (Wildman–Crippen LogP) is 2.76. The fourth-order valence-electron chi connectivity index (χ4n) is 3.42. The second-order valence-electron chi connectivity index (χ2n) is 7.80. The molecular formula is C23H30FN3O4S. The lowest BCUT2D eigenvalue weighted by atomic mass is 10.1. The van der Waals surface area contributed by atoms with Crippen molar-refractivity contribution in [2.45, 2.75) is 40.3 Å². The number of hydrogen-bond acceptors (Lipinski definition) is 4. The van der Waals surface area contributed by atoms with Crippen LogP contribution >= 0.6 is 0 Å². The molecule has 0 aromatic heterocycles. The van der Waals surface area contributed by atoms with Crippen LogP contribution in [-0.4, -0.2) is 50.5 Å². The van der Waals surface area contributed by atoms with Crippen molar-refractivity contribution in [2.75, 3.05) is 23.7 Å². The van der Waals surface area contributed by atoms with E-state index in [0.717, 1.165) is 21.7 Å². The van der Waals surface area contributed by atoms with Crippen LogP contribution in [0.3, 0.4) is 0 Å². The van der Waals surface area contributed by atoms with Gasteiger partial charge in [-0.3, -0.25) is 13.9 Å². The maximum absolute atomic E-state index is 14.3. The standard InChI is InChI=1S/C23H30FN3O4S/c1-6-25-23(29)18(4)26(14-19-9-7-8-10-21(19)24)22(28)15-27(32(5,30)31)20-12-16(2)11-17(3)13-20/h7-13,18H,6,14-15H2,1-5H3,(H,25,29). The second-order valence-corrected chi connectivity index (χ2v) is 9.71. The molecule has 0 bridgehead atoms. The number of likely N-dealkylation sites (N-methyl/N-ethyl adjacent to an activating group) is 1. The molecule has 2 rings (SSSR count). The maximum Gasteiger partial charge on any atom is 0.244 e. The van der Waals surface area contributed by atoms with Crippen molar-refractivity contribution in [2.24, 2.45) is 0 Å². The zero-order valence-corrected chi connectivity index (χ0v) is 19.9. The summed E-state index contributed by atoms with van der Waals surface area (Å²) in [7, 11) is -3.81. The Labute approximate surface area is 189 Å². The minimum absolute atomic E-state index is 0.172. The van der Waals surface area contributed by atoms with Crippen LogP contribution in [0.15, 0.2) is 42.5 Å². The van der Waals surface area contributed by atoms with Crippen LogP contribution in [-0.2, 0) is 26.2 Å². The van der Waals surface area contributed by atoms with Crippen LogP contribution in [0.4, 0.5) is 10.1 Å². The van der Waals surface area contributed by atoms with Gasteiger partial charge in [-0.2, -0.15) is 0 Å². The first-order valence-corrected chi connectivity index (χ1v) is 12.2. The molecule has 0 saturated heterocycles. The SMILES string of the molecule is CCNC(=O)C(C)N(Cc1ccccc1F)C(=O)CN(c1cc(C)cc(C)c1)S(C)(=O)=O. The van der Waals surface area contributed by atoms with Gasteiger partial charge in [0.1, 0.15) is 18.4 Å². The summed E-state index contributed by atoms with van der Waals surface area (Å²) in [5.41, 5.74) is 2.28. The van der Waals surface area contributed by atoms with Crippen LogP contribution in [0.25, 0.3) is 0 Å². The third-order valence-corrected chi connectivity index (χ3v) is 6.13. The number of rotatable bonds is 9. The van der Waals surface area contributed by atoms with E-state index in [9.17, 15) is 22.4 Å². The zero-order chi connectivity index (χ0) is 24.1. The van der Waals surface area contributed by atoms with E-state index in [-0.39, 0.29) is 12.1 Å². The normalized spacial score (nSPS) is 12.2. The van der Waals surface area contributed by atoms with E-state index in [0.29, 0.717) is 12.2 Å². The molecule has 0 aliphatic carbocycles. The van der Waals surface area contributed by atoms with Crippen LogP contribution < -0.4 is 9.62 Å². The number of nitrogens with one attached hydrogen (secondary N) is 1. The molecule has 7 nitrogen and oxygen atoms in total. The lowest BCUT2D eigenvalue weighted by molar-refractivity contribution is -0.139. The molecule has 0 aliphatic heterocycles. The van der Waals surface area contributed by atoms with Crippen molar-refractivity contribution in [3.05, 3.63) is 65.0 Å². The highest BCUT2D eigenvalue weighted by molar-refractivity contribution is 7.92. The van der Waals surface area contributed by atoms with Gasteiger partial charge in [0.15, 0.2) is 0 Å². The number of carbonyl (C=O) groups is 2. The molecule has 2 aromatic rings. The highest BCUT2D eigenvalue weighted by Gasteiger charge is 2.30. The van der Waals surface area contributed by atoms with E-state index >= 15 is 0 Å². The van der Waals surface area contributed by atoms with Crippen molar-refractivity contribution in [3.63, 3.8) is 0 Å². The van der Waals surface area contributed by atoms with Gasteiger partial charge in [0, 0.05) is 18.7 Å². The summed E-state index contributed by atoms with van der Waals surface area (Å²) >= 11 is 0. The number of anilines is 1. The molecule has 0 fully saturated rings. The zero-order valence-electron chi connectivity index (χ0n) is 19.1. The van der Waals surface area contributed by atoms with Crippen molar-refractivity contribution < 1.29 is 22.4 Å². The van der Waals surface area contributed by atoms with Crippen LogP contribution in [0.1, 0.15) is 30.5 Å². The van der Waals surface area contributed by atoms with Gasteiger partial charge in [0.05, 0.1) is 11.9 Å². The van der Waals surface area contributed by atoms with Gasteiger partial charge in [0.2, 0.25) is 21.8 Å². The number of benzene rings is 2. The van der Waals surface area contributed by atoms with E-state index in [1.165, 1.54) is 30.0 Å². The Kier molecular flexibility index (Phi) is 8.38. The Morgan fingerprint density at radius 1 is 1.09 bits per heavy atom. The van der Waals surface area contributed by atoms with Crippen molar-refractivity contribution in [3.8, 4) is 0 Å². The number of halogens is 1. The van der Waals surface area contributed by atoms with Gasteiger partial charge in [-0.15, -0.1) is 0 Å². The number of aryl methyl sites for hydroxylation is 2. The number of hydrogen-bond donors (Lipinski definition) is 1. The first kappa shape index (κ1) is 25.3. The van der Waals surface area contributed by atoms with Crippen molar-refractivity contribution in [1.29, 1.82) is 0 Å². The van der Waals surface area contributed by atoms with E-state index in [4.69, 9.17) is 0 Å². The largest absolute Gasteiger partial charge is 0.355 e. The summed E-state index contributed by atoms with van der Waals surface area (Å²) in [6, 6.07) is 10.3. The van der Waals surface area contributed by atoms with Gasteiger partial charge in [-0.1, -0.05) is 24.3 Å². The fraction of sp³-hybridized carbons (Fsp3) is 0.391. The summed E-state index contributed by atoms with van der Waals surface area (Å²) in [5.74, 6) is -1.53. The molecule has 1 N–H and O–H groups in total. The molecule has 1 unspecified atom stereocenters. The molecule has 0 saturated carbocycles. The Morgan fingerprint density at radius 3 is 2.22 bits per heavy atom. The van der Waals surface area contributed by atoms with Gasteiger partial charge >= 0.3 is 0 Å². The summed E-state index contributed by atoms with van der Waals surface area (Å²) in [4.78, 5) is 27.0. The summed E-state index contributed by atoms with van der Waals surface area (Å²) in [6.07, 6.45) is 1.02. The Morgan fingerprint density at radius 2 is 1.69 bits per heavy atom. The topological polar surface area (TPSA) is 86.8 Å². The minimum atomic E-state index is -3.81. The van der Waals surface area contributed by atoms with Crippen molar-refractivity contribution >= 4 is 27.5 Å². The van der Waals surface area contributed by atoms with Gasteiger partial charge < -0.3 is 10.2 Å². The smallest absolute Gasteiger partial charge is 0.244 e. The molecule has 0 radical (unpaired) electrons. The maximum atomic E-state index is 14.3. The molecule has 2 aromatic carbocycles. The van der Waals surface area contributed by atoms with Gasteiger partial charge in [-0.25, -0.2) is 12.8 Å². The van der Waals surface area contributed by atoms with E-state index < -0.39 is 40.2 Å². The quantitative estimate of drug-likeness (QED) is 0.620. The highest BCUT2D eigenvalue weighted by atomic mass is 32.2. The van der Waals surface area contributed by atoms with Crippen LogP contribution in [0, 0.1) is 19.7 Å². The minimum Gasteiger partial charge on any atom is -0.355 e. The number of nitrogens with zero attached hydrogens (tertiary/aromatic N) is 2. The first-order chi connectivity index (χ1) is 14.9. The molecule has 2 amide bonds. The third kappa shape index (κ3) is 6.53. The highest BCUT2D eigenvalue weighted by Crippen LogP contribution is 2.22. The monoisotopic (exact) mass is 463 g/mol. The summed E-state index contributed by atoms with van der Waals surface area (Å²) in [5, 5.41) is 2.65. The Balaban J connectivity index is 2.43. The number of amides is 2. The van der Waals surface area contributed by atoms with Gasteiger partial charge in [-0.05, 0) is 57.0 Å². The second kappa shape index (κ2) is 10.6. The third-order valence-electron chi connectivity index (χ3n) is 4.99. The number of carbonyl (C=O) groups excluding carboxylic acids is 2. The molecule has 174 valence electrons. The van der Waals surface area contributed by atoms with Crippen LogP contribution in [0.5, 0.6) is 0 Å². The fourth-order valence-corrected chi connectivity index (χ4v) is 4.26. The molecule has 9 heteroatoms. The Hall–Kier alpha value is -2.94. The molecular weight excluding hydrogens is 433 g/mol. The first-order valence-electron chi connectivity index (χ1n) is 10.3. The van der Waals surface area contributed by atoms with E-state index in [1.54, 1.807) is 25.1 Å². The van der Waals surface area contributed by atoms with Crippen LogP contribution in [0.2, 0.25) is 0 Å². The molecule has 32 heavy (non-hydrogen) atoms. The summed E-state index contributed by atoms with van der Waals surface area (Å²) in [6.45, 7) is 6.63. The number of sulfonamides is 1. The lowest BCUT2D eigenvalue weighted by Gasteiger charge is -2.31. The molecule has 0 spiro atoms. The predicted molar refractivity (Wildman–Crippen MR) is 123 cm³/mol. The lowest BCUT2D eigenvalue weighted by Crippen LogP contribution is -2.51. The Bertz CT molecular complexity index is 1070. The molecule has 0 aliphatic rings. The molecule has 1 atom stereocenters. The average molecular weight is 464 g/mol. The summed E-state index contributed by atoms with van der Waals surface area (Å²) < 4.78 is 40.4. The average Bonchev–Trinajstić information content (AvgIpc) is 2.69.